The largest absolute Gasteiger partial charge is 0.442 e. The molecule has 0 bridgehead atoms. The summed E-state index contributed by atoms with van der Waals surface area (Å²) in [4.78, 5) is 0. The van der Waals surface area contributed by atoms with E-state index in [-0.39, 0.29) is 5.92 Å². The van der Waals surface area contributed by atoms with E-state index in [9.17, 15) is 17.6 Å². The Hall–Kier alpha value is -0.540. The second-order valence-corrected chi connectivity index (χ2v) is 2.40. The van der Waals surface area contributed by atoms with Crippen LogP contribution in [0.5, 0.6) is 0 Å². The van der Waals surface area contributed by atoms with Crippen LogP contribution in [0.15, 0.2) is 11.9 Å². The second-order valence-electron chi connectivity index (χ2n) is 2.40. The van der Waals surface area contributed by atoms with Crippen LogP contribution in [0.2, 0.25) is 0 Å². The van der Waals surface area contributed by atoms with Crippen LogP contribution >= 0.6 is 0 Å². The second kappa shape index (κ2) is 3.74. The Morgan fingerprint density at radius 2 is 1.91 bits per heavy atom. The molecule has 0 aromatic rings. The third-order valence-electron chi connectivity index (χ3n) is 1.35. The van der Waals surface area contributed by atoms with Gasteiger partial charge in [-0.05, 0) is 18.4 Å². The zero-order chi connectivity index (χ0) is 9.07. The van der Waals surface area contributed by atoms with Crippen molar-refractivity contribution < 1.29 is 17.6 Å². The lowest BCUT2D eigenvalue weighted by atomic mass is 10.1. The summed E-state index contributed by atoms with van der Waals surface area (Å²) in [6.45, 7) is 3.23. The quantitative estimate of drug-likeness (QED) is 0.557. The lowest BCUT2D eigenvalue weighted by molar-refractivity contribution is -0.109. The minimum Gasteiger partial charge on any atom is -0.202 e. The van der Waals surface area contributed by atoms with Gasteiger partial charge in [0.05, 0.1) is 0 Å². The molecule has 0 saturated carbocycles. The van der Waals surface area contributed by atoms with E-state index in [2.05, 4.69) is 0 Å². The number of hydrogen-bond acceptors (Lipinski definition) is 0. The van der Waals surface area contributed by atoms with Gasteiger partial charge in [0.1, 0.15) is 0 Å². The summed E-state index contributed by atoms with van der Waals surface area (Å²) < 4.78 is 46.6. The van der Waals surface area contributed by atoms with Crippen LogP contribution in [0.3, 0.4) is 0 Å². The maximum Gasteiger partial charge on any atom is 0.442 e. The fraction of sp³-hybridized carbons (Fsp3) is 0.714. The standard InChI is InChI=1S/C7H10F4/c1-3-5(2)4-6(8)7(9,10)11/h4-5H,3H2,1-2H3/b6-4-. The van der Waals surface area contributed by atoms with E-state index in [1.54, 1.807) is 6.92 Å². The van der Waals surface area contributed by atoms with Gasteiger partial charge < -0.3 is 0 Å². The fourth-order valence-corrected chi connectivity index (χ4v) is 0.462. The van der Waals surface area contributed by atoms with E-state index in [4.69, 9.17) is 0 Å². The molecule has 4 heteroatoms. The lowest BCUT2D eigenvalue weighted by Gasteiger charge is -2.05. The van der Waals surface area contributed by atoms with Gasteiger partial charge >= 0.3 is 6.18 Å². The van der Waals surface area contributed by atoms with Crippen LogP contribution < -0.4 is 0 Å². The van der Waals surface area contributed by atoms with Gasteiger partial charge in [-0.25, -0.2) is 4.39 Å². The van der Waals surface area contributed by atoms with Crippen molar-refractivity contribution in [3.8, 4) is 0 Å². The van der Waals surface area contributed by atoms with Gasteiger partial charge in [-0.1, -0.05) is 13.8 Å². The van der Waals surface area contributed by atoms with Gasteiger partial charge in [0.2, 0.25) is 0 Å². The Bertz CT molecular complexity index is 145. The highest BCUT2D eigenvalue weighted by atomic mass is 19.4. The maximum absolute atomic E-state index is 12.1. The van der Waals surface area contributed by atoms with Crippen LogP contribution in [0.25, 0.3) is 0 Å². The molecule has 0 N–H and O–H groups in total. The predicted octanol–water partition coefficient (Wildman–Crippen LogP) is 3.45. The van der Waals surface area contributed by atoms with Crippen molar-refractivity contribution in [3.05, 3.63) is 11.9 Å². The molecule has 0 aromatic carbocycles. The molecule has 0 aliphatic rings. The number of alkyl halides is 3. The number of allylic oxidation sites excluding steroid dienone is 2. The molecule has 66 valence electrons. The normalized spacial score (nSPS) is 16.7. The average molecular weight is 170 g/mol. The van der Waals surface area contributed by atoms with E-state index < -0.39 is 12.0 Å². The molecular weight excluding hydrogens is 160 g/mol. The zero-order valence-electron chi connectivity index (χ0n) is 6.37. The van der Waals surface area contributed by atoms with E-state index in [0.29, 0.717) is 12.5 Å². The zero-order valence-corrected chi connectivity index (χ0v) is 6.37. The smallest absolute Gasteiger partial charge is 0.202 e. The van der Waals surface area contributed by atoms with Gasteiger partial charge in [-0.15, -0.1) is 0 Å². The van der Waals surface area contributed by atoms with Gasteiger partial charge in [0.25, 0.3) is 0 Å². The fourth-order valence-electron chi connectivity index (χ4n) is 0.462. The van der Waals surface area contributed by atoms with Gasteiger partial charge in [0.15, 0.2) is 5.83 Å². The Kier molecular flexibility index (Phi) is 3.55. The van der Waals surface area contributed by atoms with Crippen molar-refractivity contribution in [2.24, 2.45) is 5.92 Å². The molecule has 0 spiro atoms. The minimum atomic E-state index is -4.82. The molecule has 0 nitrogen and oxygen atoms in total. The summed E-state index contributed by atoms with van der Waals surface area (Å²) in [5, 5.41) is 0. The first-order valence-corrected chi connectivity index (χ1v) is 3.32. The van der Waals surface area contributed by atoms with Crippen molar-refractivity contribution in [3.63, 3.8) is 0 Å². The monoisotopic (exact) mass is 170 g/mol. The SMILES string of the molecule is CCC(C)/C=C(\F)C(F)(F)F. The first-order valence-electron chi connectivity index (χ1n) is 3.32. The molecule has 0 amide bonds. The van der Waals surface area contributed by atoms with E-state index in [1.165, 1.54) is 6.92 Å². The third kappa shape index (κ3) is 4.01. The number of hydrogen-bond donors (Lipinski definition) is 0. The summed E-state index contributed by atoms with van der Waals surface area (Å²) in [6, 6.07) is 0. The Morgan fingerprint density at radius 1 is 1.45 bits per heavy atom. The molecule has 1 atom stereocenters. The summed E-state index contributed by atoms with van der Waals surface area (Å²) in [5.74, 6) is -2.36. The lowest BCUT2D eigenvalue weighted by Crippen LogP contribution is -2.09. The highest BCUT2D eigenvalue weighted by Gasteiger charge is 2.34. The van der Waals surface area contributed by atoms with Crippen LogP contribution in [0.1, 0.15) is 20.3 Å². The van der Waals surface area contributed by atoms with E-state index in [1.807, 2.05) is 0 Å². The minimum absolute atomic E-state index is 0.364. The summed E-state index contributed by atoms with van der Waals surface area (Å²) in [6.07, 6.45) is -3.72. The average Bonchev–Trinajstić information content (AvgIpc) is 1.85. The summed E-state index contributed by atoms with van der Waals surface area (Å²) in [5.41, 5.74) is 0. The van der Waals surface area contributed by atoms with Crippen molar-refractivity contribution in [1.82, 2.24) is 0 Å². The Morgan fingerprint density at radius 3 is 2.18 bits per heavy atom. The van der Waals surface area contributed by atoms with Crippen LogP contribution in [-0.4, -0.2) is 6.18 Å². The Balaban J connectivity index is 4.22. The topological polar surface area (TPSA) is 0 Å². The van der Waals surface area contributed by atoms with Gasteiger partial charge in [0, 0.05) is 0 Å². The highest BCUT2D eigenvalue weighted by Crippen LogP contribution is 2.27. The molecule has 1 unspecified atom stereocenters. The van der Waals surface area contributed by atoms with Crippen LogP contribution in [-0.2, 0) is 0 Å². The molecule has 0 saturated heterocycles. The molecular formula is C7H10F4. The predicted molar refractivity (Wildman–Crippen MR) is 34.7 cm³/mol. The van der Waals surface area contributed by atoms with Crippen LogP contribution in [0.4, 0.5) is 17.6 Å². The summed E-state index contributed by atoms with van der Waals surface area (Å²) >= 11 is 0. The van der Waals surface area contributed by atoms with Gasteiger partial charge in [-0.2, -0.15) is 13.2 Å². The third-order valence-corrected chi connectivity index (χ3v) is 1.35. The first-order chi connectivity index (χ1) is 4.88. The van der Waals surface area contributed by atoms with Crippen molar-refractivity contribution >= 4 is 0 Å². The molecule has 0 aliphatic carbocycles. The van der Waals surface area contributed by atoms with E-state index >= 15 is 0 Å². The number of rotatable bonds is 2. The molecule has 0 aromatic heterocycles. The van der Waals surface area contributed by atoms with Crippen molar-refractivity contribution in [2.75, 3.05) is 0 Å². The van der Waals surface area contributed by atoms with Crippen molar-refractivity contribution in [2.45, 2.75) is 26.4 Å². The number of halogens is 4. The van der Waals surface area contributed by atoms with Gasteiger partial charge in [-0.3, -0.25) is 0 Å². The summed E-state index contributed by atoms with van der Waals surface area (Å²) in [7, 11) is 0. The maximum atomic E-state index is 12.1. The Labute approximate surface area is 62.9 Å². The molecule has 0 radical (unpaired) electrons. The van der Waals surface area contributed by atoms with Crippen LogP contribution in [0, 0.1) is 5.92 Å². The highest BCUT2D eigenvalue weighted by molar-refractivity contribution is 5.00. The molecule has 0 rings (SSSR count). The van der Waals surface area contributed by atoms with Crippen molar-refractivity contribution in [1.29, 1.82) is 0 Å². The first kappa shape index (κ1) is 10.5. The van der Waals surface area contributed by atoms with E-state index in [0.717, 1.165) is 0 Å². The molecule has 0 fully saturated rings. The molecule has 11 heavy (non-hydrogen) atoms. The molecule has 0 heterocycles. The molecule has 0 aliphatic heterocycles.